The summed E-state index contributed by atoms with van der Waals surface area (Å²) in [5.74, 6) is -0.558. The van der Waals surface area contributed by atoms with Gasteiger partial charge in [-0.15, -0.1) is 10.1 Å². The highest BCUT2D eigenvalue weighted by molar-refractivity contribution is 5.88. The average Bonchev–Trinajstić information content (AvgIpc) is 2.56. The molecule has 0 aliphatic carbocycles. The number of aromatic carboxylic acids is 1. The first-order valence-electron chi connectivity index (χ1n) is 7.62. The first kappa shape index (κ1) is 18.0. The fraction of sp³-hybridized carbons (Fsp3) is 0.533. The molecule has 0 spiro atoms. The fourth-order valence-corrected chi connectivity index (χ4v) is 2.33. The van der Waals surface area contributed by atoms with E-state index >= 15 is 0 Å². The van der Waals surface area contributed by atoms with Crippen LogP contribution in [0.4, 0.5) is 0 Å². The third kappa shape index (κ3) is 5.67. The monoisotopic (exact) mass is 340 g/mol. The molecule has 1 saturated heterocycles. The number of morpholine rings is 1. The standard InChI is InChI=1S/C15H20N2O7/c18-15(19)12-2-3-13(11-16-4-8-22-9-5-16)14(10-12)23-6-1-7-24-17(20)21/h2-3,10H,1,4-9,11H2,(H,18,19). The molecule has 2 rings (SSSR count). The number of carboxylic acid groups (broad SMARTS) is 1. The van der Waals surface area contributed by atoms with Crippen LogP contribution in [0.3, 0.4) is 0 Å². The highest BCUT2D eigenvalue weighted by Crippen LogP contribution is 2.23. The third-order valence-electron chi connectivity index (χ3n) is 3.55. The number of benzene rings is 1. The van der Waals surface area contributed by atoms with Crippen LogP contribution in [0.1, 0.15) is 22.3 Å². The molecule has 9 nitrogen and oxygen atoms in total. The number of ether oxygens (including phenoxy) is 2. The molecule has 0 radical (unpaired) electrons. The maximum Gasteiger partial charge on any atom is 0.335 e. The Morgan fingerprint density at radius 2 is 2.08 bits per heavy atom. The minimum Gasteiger partial charge on any atom is -0.493 e. The zero-order valence-corrected chi connectivity index (χ0v) is 13.2. The second kappa shape index (κ2) is 9.04. The maximum atomic E-state index is 11.1. The molecule has 1 aromatic carbocycles. The minimum atomic E-state index is -1.03. The summed E-state index contributed by atoms with van der Waals surface area (Å²) in [5, 5.41) is 18.4. The number of carboxylic acids is 1. The van der Waals surface area contributed by atoms with Crippen molar-refractivity contribution in [2.45, 2.75) is 13.0 Å². The van der Waals surface area contributed by atoms with Gasteiger partial charge >= 0.3 is 5.97 Å². The largest absolute Gasteiger partial charge is 0.493 e. The van der Waals surface area contributed by atoms with E-state index in [1.54, 1.807) is 12.1 Å². The number of carbonyl (C=O) groups is 1. The van der Waals surface area contributed by atoms with E-state index in [0.717, 1.165) is 18.7 Å². The lowest BCUT2D eigenvalue weighted by atomic mass is 10.1. The van der Waals surface area contributed by atoms with E-state index in [-0.39, 0.29) is 18.8 Å². The Morgan fingerprint density at radius 1 is 1.33 bits per heavy atom. The molecule has 1 aliphatic rings. The van der Waals surface area contributed by atoms with Crippen molar-refractivity contribution in [2.24, 2.45) is 0 Å². The minimum absolute atomic E-state index is 0.0651. The van der Waals surface area contributed by atoms with Gasteiger partial charge in [0.15, 0.2) is 0 Å². The molecule has 132 valence electrons. The molecule has 1 fully saturated rings. The van der Waals surface area contributed by atoms with Gasteiger partial charge in [0, 0.05) is 31.6 Å². The van der Waals surface area contributed by atoms with Crippen LogP contribution in [0.15, 0.2) is 18.2 Å². The molecule has 1 aromatic rings. The van der Waals surface area contributed by atoms with Gasteiger partial charge in [-0.1, -0.05) is 6.07 Å². The van der Waals surface area contributed by atoms with Gasteiger partial charge in [-0.3, -0.25) is 4.90 Å². The molecule has 0 unspecified atom stereocenters. The Bertz CT molecular complexity index is 573. The molecule has 24 heavy (non-hydrogen) atoms. The summed E-state index contributed by atoms with van der Waals surface area (Å²) in [4.78, 5) is 27.6. The van der Waals surface area contributed by atoms with Gasteiger partial charge in [0.2, 0.25) is 0 Å². The zero-order chi connectivity index (χ0) is 17.4. The lowest BCUT2D eigenvalue weighted by molar-refractivity contribution is -0.757. The van der Waals surface area contributed by atoms with Gasteiger partial charge in [-0.05, 0) is 12.1 Å². The number of nitrogens with zero attached hydrogens (tertiary/aromatic N) is 2. The Morgan fingerprint density at radius 3 is 2.75 bits per heavy atom. The Kier molecular flexibility index (Phi) is 6.76. The summed E-state index contributed by atoms with van der Waals surface area (Å²) in [6.07, 6.45) is 0.329. The van der Waals surface area contributed by atoms with Gasteiger partial charge < -0.3 is 19.4 Å². The lowest BCUT2D eigenvalue weighted by Gasteiger charge is -2.27. The highest BCUT2D eigenvalue weighted by Gasteiger charge is 2.15. The van der Waals surface area contributed by atoms with Crippen LogP contribution in [-0.4, -0.2) is 60.6 Å². The molecule has 1 aliphatic heterocycles. The van der Waals surface area contributed by atoms with E-state index in [2.05, 4.69) is 9.74 Å². The van der Waals surface area contributed by atoms with E-state index < -0.39 is 11.1 Å². The summed E-state index contributed by atoms with van der Waals surface area (Å²) < 4.78 is 10.9. The van der Waals surface area contributed by atoms with Crippen molar-refractivity contribution in [1.82, 2.24) is 4.90 Å². The van der Waals surface area contributed by atoms with Gasteiger partial charge in [0.1, 0.15) is 5.75 Å². The first-order chi connectivity index (χ1) is 11.6. The van der Waals surface area contributed by atoms with Crippen LogP contribution >= 0.6 is 0 Å². The van der Waals surface area contributed by atoms with Gasteiger partial charge in [-0.25, -0.2) is 4.79 Å². The van der Waals surface area contributed by atoms with E-state index in [1.165, 1.54) is 6.07 Å². The van der Waals surface area contributed by atoms with Gasteiger partial charge in [0.25, 0.3) is 5.09 Å². The smallest absolute Gasteiger partial charge is 0.335 e. The molecule has 0 atom stereocenters. The van der Waals surface area contributed by atoms with Crippen LogP contribution < -0.4 is 4.74 Å². The molecule has 1 heterocycles. The van der Waals surface area contributed by atoms with Crippen molar-refractivity contribution in [3.63, 3.8) is 0 Å². The van der Waals surface area contributed by atoms with Crippen molar-refractivity contribution in [3.8, 4) is 5.75 Å². The van der Waals surface area contributed by atoms with Crippen molar-refractivity contribution in [1.29, 1.82) is 0 Å². The Labute approximate surface area is 138 Å². The number of hydrogen-bond donors (Lipinski definition) is 1. The van der Waals surface area contributed by atoms with Crippen LogP contribution in [0.2, 0.25) is 0 Å². The Balaban J connectivity index is 1.99. The number of hydrogen-bond acceptors (Lipinski definition) is 7. The summed E-state index contributed by atoms with van der Waals surface area (Å²) in [6.45, 7) is 3.71. The molecule has 0 bridgehead atoms. The lowest BCUT2D eigenvalue weighted by Crippen LogP contribution is -2.35. The fourth-order valence-electron chi connectivity index (χ4n) is 2.33. The van der Waals surface area contributed by atoms with Crippen LogP contribution in [-0.2, 0) is 16.1 Å². The molecule has 0 saturated carbocycles. The van der Waals surface area contributed by atoms with E-state index in [9.17, 15) is 14.9 Å². The first-order valence-corrected chi connectivity index (χ1v) is 7.62. The predicted octanol–water partition coefficient (Wildman–Crippen LogP) is 1.19. The summed E-state index contributed by atoms with van der Waals surface area (Å²) in [6, 6.07) is 4.76. The van der Waals surface area contributed by atoms with E-state index in [1.807, 2.05) is 0 Å². The molecule has 0 aromatic heterocycles. The van der Waals surface area contributed by atoms with Crippen molar-refractivity contribution in [3.05, 3.63) is 39.4 Å². The predicted molar refractivity (Wildman–Crippen MR) is 82.6 cm³/mol. The normalized spacial score (nSPS) is 15.0. The zero-order valence-electron chi connectivity index (χ0n) is 13.2. The van der Waals surface area contributed by atoms with Crippen LogP contribution in [0, 0.1) is 10.1 Å². The molecule has 1 N–H and O–H groups in total. The number of rotatable bonds is 9. The second-order valence-corrected chi connectivity index (χ2v) is 5.28. The summed E-state index contributed by atoms with van der Waals surface area (Å²) in [5.41, 5.74) is 1.01. The third-order valence-corrected chi connectivity index (χ3v) is 3.55. The quantitative estimate of drug-likeness (QED) is 0.405. The van der Waals surface area contributed by atoms with Crippen molar-refractivity contribution < 1.29 is 29.3 Å². The molecular weight excluding hydrogens is 320 g/mol. The van der Waals surface area contributed by atoms with Crippen molar-refractivity contribution >= 4 is 5.97 Å². The van der Waals surface area contributed by atoms with Crippen LogP contribution in [0.5, 0.6) is 5.75 Å². The van der Waals surface area contributed by atoms with Gasteiger partial charge in [0.05, 0.1) is 32.0 Å². The van der Waals surface area contributed by atoms with Crippen LogP contribution in [0.25, 0.3) is 0 Å². The molecular formula is C15H20N2O7. The van der Waals surface area contributed by atoms with Gasteiger partial charge in [-0.2, -0.15) is 0 Å². The second-order valence-electron chi connectivity index (χ2n) is 5.28. The molecule has 0 amide bonds. The van der Waals surface area contributed by atoms with E-state index in [4.69, 9.17) is 14.6 Å². The summed E-state index contributed by atoms with van der Waals surface area (Å²) >= 11 is 0. The highest BCUT2D eigenvalue weighted by atomic mass is 16.9. The SMILES string of the molecule is O=C(O)c1ccc(CN2CCOCC2)c(OCCCO[N+](=O)[O-])c1. The maximum absolute atomic E-state index is 11.1. The average molecular weight is 340 g/mol. The Hall–Kier alpha value is -2.39. The molecule has 9 heteroatoms. The summed E-state index contributed by atoms with van der Waals surface area (Å²) in [7, 11) is 0. The van der Waals surface area contributed by atoms with E-state index in [0.29, 0.717) is 31.9 Å². The van der Waals surface area contributed by atoms with Crippen molar-refractivity contribution in [2.75, 3.05) is 39.5 Å². The topological polar surface area (TPSA) is 111 Å².